The molecule has 3 rings (SSSR count). The normalized spacial score (nSPS) is 12.0. The molecule has 1 aromatic heterocycles. The van der Waals surface area contributed by atoms with Crippen LogP contribution in [-0.4, -0.2) is 39.6 Å². The number of hydrogen-bond acceptors (Lipinski definition) is 7. The summed E-state index contributed by atoms with van der Waals surface area (Å²) in [7, 11) is 1.55. The van der Waals surface area contributed by atoms with E-state index in [4.69, 9.17) is 16.2 Å². The van der Waals surface area contributed by atoms with Crippen molar-refractivity contribution in [1.82, 2.24) is 14.6 Å². The molecule has 0 aliphatic carbocycles. The highest BCUT2D eigenvalue weighted by Crippen LogP contribution is 2.31. The predicted octanol–water partition coefficient (Wildman–Crippen LogP) is 3.13. The van der Waals surface area contributed by atoms with Gasteiger partial charge in [0.15, 0.2) is 5.69 Å². The van der Waals surface area contributed by atoms with Crippen LogP contribution in [0.25, 0.3) is 0 Å². The van der Waals surface area contributed by atoms with E-state index in [0.29, 0.717) is 11.3 Å². The Morgan fingerprint density at radius 2 is 1.71 bits per heavy atom. The largest absolute Gasteiger partial charge is 0.497 e. The van der Waals surface area contributed by atoms with Gasteiger partial charge in [-0.2, -0.15) is 4.37 Å². The molecular formula is C25H29N5O4S. The Bertz CT molecular complexity index is 1200. The van der Waals surface area contributed by atoms with Gasteiger partial charge in [0, 0.05) is 12.1 Å². The molecule has 0 radical (unpaired) electrons. The number of nitrogens with two attached hydrogens (primary N) is 2. The number of carbonyl (C=O) groups excluding carboxylic acids is 3. The van der Waals surface area contributed by atoms with Crippen molar-refractivity contribution in [2.45, 2.75) is 38.9 Å². The third-order valence-corrected chi connectivity index (χ3v) is 5.95. The highest BCUT2D eigenvalue weighted by Gasteiger charge is 2.36. The van der Waals surface area contributed by atoms with Crippen LogP contribution in [0.3, 0.4) is 0 Å². The van der Waals surface area contributed by atoms with Crippen molar-refractivity contribution in [1.29, 1.82) is 0 Å². The summed E-state index contributed by atoms with van der Waals surface area (Å²) in [6.45, 7) is 5.69. The van der Waals surface area contributed by atoms with Crippen molar-refractivity contribution in [2.24, 2.45) is 5.73 Å². The molecule has 1 unspecified atom stereocenters. The topological polar surface area (TPSA) is 141 Å². The van der Waals surface area contributed by atoms with Crippen LogP contribution < -0.4 is 21.5 Å². The van der Waals surface area contributed by atoms with Gasteiger partial charge in [-0.1, -0.05) is 42.5 Å². The maximum atomic E-state index is 13.9. The zero-order valence-corrected chi connectivity index (χ0v) is 20.9. The van der Waals surface area contributed by atoms with Crippen LogP contribution in [0.4, 0.5) is 5.69 Å². The molecule has 0 bridgehead atoms. The molecule has 0 saturated carbocycles. The van der Waals surface area contributed by atoms with Crippen LogP contribution in [0.5, 0.6) is 5.75 Å². The van der Waals surface area contributed by atoms with Gasteiger partial charge in [-0.3, -0.25) is 14.4 Å². The number of benzene rings is 2. The fraction of sp³-hybridized carbons (Fsp3) is 0.280. The second-order valence-electron chi connectivity index (χ2n) is 8.97. The molecule has 5 N–H and O–H groups in total. The van der Waals surface area contributed by atoms with Crippen molar-refractivity contribution < 1.29 is 19.1 Å². The van der Waals surface area contributed by atoms with Crippen molar-refractivity contribution >= 4 is 34.9 Å². The first kappa shape index (κ1) is 25.7. The Balaban J connectivity index is 2.15. The van der Waals surface area contributed by atoms with Gasteiger partial charge < -0.3 is 26.4 Å². The number of aromatic nitrogens is 1. The molecule has 0 saturated heterocycles. The lowest BCUT2D eigenvalue weighted by Gasteiger charge is -2.33. The van der Waals surface area contributed by atoms with Crippen molar-refractivity contribution in [3.63, 3.8) is 0 Å². The molecule has 3 aromatic rings. The first-order valence-electron chi connectivity index (χ1n) is 10.9. The summed E-state index contributed by atoms with van der Waals surface area (Å²) in [4.78, 5) is 40.6. The molecule has 9 nitrogen and oxygen atoms in total. The monoisotopic (exact) mass is 495 g/mol. The standard InChI is InChI=1S/C25H29N5O4S/c1-25(2,3)28-23(32)20(16-10-12-17(34-4)13-11-16)30(14-15-8-6-5-7-9-15)24(33)21-18(26)19(22(27)31)29-35-21/h5-13,20H,14,26H2,1-4H3,(H2,27,31)(H,28,32). The van der Waals surface area contributed by atoms with Gasteiger partial charge >= 0.3 is 0 Å². The maximum absolute atomic E-state index is 13.9. The zero-order valence-electron chi connectivity index (χ0n) is 20.1. The van der Waals surface area contributed by atoms with Gasteiger partial charge in [-0.25, -0.2) is 0 Å². The van der Waals surface area contributed by atoms with Gasteiger partial charge in [0.05, 0.1) is 12.8 Å². The van der Waals surface area contributed by atoms with E-state index in [9.17, 15) is 14.4 Å². The fourth-order valence-corrected chi connectivity index (χ4v) is 4.28. The average molecular weight is 496 g/mol. The quantitative estimate of drug-likeness (QED) is 0.438. The maximum Gasteiger partial charge on any atom is 0.270 e. The van der Waals surface area contributed by atoms with Crippen LogP contribution in [0.1, 0.15) is 58.1 Å². The summed E-state index contributed by atoms with van der Waals surface area (Å²) in [6.07, 6.45) is 0. The summed E-state index contributed by atoms with van der Waals surface area (Å²) in [5.41, 5.74) is 12.0. The number of ether oxygens (including phenoxy) is 1. The van der Waals surface area contributed by atoms with Gasteiger partial charge in [-0.05, 0) is 55.6 Å². The molecule has 1 heterocycles. The molecule has 0 spiro atoms. The Morgan fingerprint density at radius 3 is 2.23 bits per heavy atom. The van der Waals surface area contributed by atoms with Gasteiger partial charge in [0.1, 0.15) is 16.7 Å². The number of methoxy groups -OCH3 is 1. The highest BCUT2D eigenvalue weighted by atomic mass is 32.1. The number of nitrogens with one attached hydrogen (secondary N) is 1. The molecule has 3 amide bonds. The molecular weight excluding hydrogens is 466 g/mol. The number of anilines is 1. The van der Waals surface area contributed by atoms with Crippen LogP contribution in [0.15, 0.2) is 54.6 Å². The van der Waals surface area contributed by atoms with Crippen molar-refractivity contribution in [2.75, 3.05) is 12.8 Å². The number of rotatable bonds is 8. The molecule has 1 atom stereocenters. The predicted molar refractivity (Wildman–Crippen MR) is 135 cm³/mol. The molecule has 2 aromatic carbocycles. The van der Waals surface area contributed by atoms with Crippen LogP contribution in [0.2, 0.25) is 0 Å². The SMILES string of the molecule is COc1ccc(C(C(=O)NC(C)(C)C)N(Cc2ccccc2)C(=O)c2snc(C(N)=O)c2N)cc1. The van der Waals surface area contributed by atoms with Gasteiger partial charge in [0.25, 0.3) is 11.8 Å². The van der Waals surface area contributed by atoms with Crippen LogP contribution >= 0.6 is 11.5 Å². The minimum absolute atomic E-state index is 0.0387. The lowest BCUT2D eigenvalue weighted by atomic mass is 10.00. The summed E-state index contributed by atoms with van der Waals surface area (Å²) in [5.74, 6) is -1.13. The molecule has 35 heavy (non-hydrogen) atoms. The van der Waals surface area contributed by atoms with E-state index in [1.165, 1.54) is 4.90 Å². The van der Waals surface area contributed by atoms with E-state index in [2.05, 4.69) is 9.69 Å². The summed E-state index contributed by atoms with van der Waals surface area (Å²) < 4.78 is 9.22. The lowest BCUT2D eigenvalue weighted by Crippen LogP contribution is -2.49. The minimum atomic E-state index is -1.01. The number of primary amides is 1. The van der Waals surface area contributed by atoms with Gasteiger partial charge in [0.2, 0.25) is 5.91 Å². The number of nitrogen functional groups attached to an aromatic ring is 1. The van der Waals surface area contributed by atoms with E-state index in [1.807, 2.05) is 51.1 Å². The molecule has 0 fully saturated rings. The third-order valence-electron chi connectivity index (χ3n) is 5.10. The van der Waals surface area contributed by atoms with E-state index in [1.54, 1.807) is 31.4 Å². The molecule has 184 valence electrons. The first-order valence-corrected chi connectivity index (χ1v) is 11.6. The Hall–Kier alpha value is -3.92. The van der Waals surface area contributed by atoms with Crippen LogP contribution in [-0.2, 0) is 11.3 Å². The summed E-state index contributed by atoms with van der Waals surface area (Å²) >= 11 is 0.776. The second-order valence-corrected chi connectivity index (χ2v) is 9.75. The smallest absolute Gasteiger partial charge is 0.270 e. The number of hydrogen-bond donors (Lipinski definition) is 3. The van der Waals surface area contributed by atoms with Crippen LogP contribution in [0, 0.1) is 0 Å². The van der Waals surface area contributed by atoms with E-state index in [-0.39, 0.29) is 28.7 Å². The number of amides is 3. The zero-order chi connectivity index (χ0) is 25.8. The molecule has 0 aliphatic rings. The highest BCUT2D eigenvalue weighted by molar-refractivity contribution is 7.09. The second kappa shape index (κ2) is 10.6. The van der Waals surface area contributed by atoms with E-state index in [0.717, 1.165) is 17.1 Å². The molecule has 10 heteroatoms. The first-order chi connectivity index (χ1) is 16.5. The van der Waals surface area contributed by atoms with E-state index >= 15 is 0 Å². The lowest BCUT2D eigenvalue weighted by molar-refractivity contribution is -0.127. The molecule has 0 aliphatic heterocycles. The third kappa shape index (κ3) is 6.15. The Labute approximate surface area is 208 Å². The summed E-state index contributed by atoms with van der Waals surface area (Å²) in [5, 5.41) is 2.98. The summed E-state index contributed by atoms with van der Waals surface area (Å²) in [6, 6.07) is 15.2. The number of carbonyl (C=O) groups is 3. The van der Waals surface area contributed by atoms with Crippen molar-refractivity contribution in [3.05, 3.63) is 76.3 Å². The fourth-order valence-electron chi connectivity index (χ4n) is 3.52. The van der Waals surface area contributed by atoms with E-state index < -0.39 is 23.4 Å². The Kier molecular flexibility index (Phi) is 7.75. The minimum Gasteiger partial charge on any atom is -0.497 e. The average Bonchev–Trinajstić information content (AvgIpc) is 3.19. The number of nitrogens with zero attached hydrogens (tertiary/aromatic N) is 2. The van der Waals surface area contributed by atoms with Crippen molar-refractivity contribution in [3.8, 4) is 5.75 Å². The van der Waals surface area contributed by atoms with Gasteiger partial charge in [-0.15, -0.1) is 0 Å². The Morgan fingerprint density at radius 1 is 1.09 bits per heavy atom.